The monoisotopic (exact) mass is 337 g/mol. The number of aromatic nitrogens is 3. The number of H-pyrrole nitrogens is 1. The lowest BCUT2D eigenvalue weighted by Crippen LogP contribution is -2.38. The first-order valence-corrected chi connectivity index (χ1v) is 7.84. The highest BCUT2D eigenvalue weighted by Crippen LogP contribution is 2.20. The number of aliphatic hydroxyl groups excluding tert-OH is 1. The second-order valence-electron chi connectivity index (χ2n) is 6.02. The summed E-state index contributed by atoms with van der Waals surface area (Å²) in [6.07, 6.45) is 0.966. The van der Waals surface area contributed by atoms with Crippen LogP contribution in [0, 0.1) is 0 Å². The molecular formula is C15H20ClN5O2. The maximum Gasteiger partial charge on any atom is 0.270 e. The van der Waals surface area contributed by atoms with E-state index in [1.165, 1.54) is 0 Å². The molecule has 23 heavy (non-hydrogen) atoms. The lowest BCUT2D eigenvalue weighted by Gasteiger charge is -2.27. The third kappa shape index (κ3) is 3.41. The molecule has 0 saturated carbocycles. The maximum absolute atomic E-state index is 12.5. The molecule has 1 aliphatic heterocycles. The van der Waals surface area contributed by atoms with E-state index in [1.54, 1.807) is 17.2 Å². The molecule has 0 bridgehead atoms. The lowest BCUT2D eigenvalue weighted by atomic mass is 10.2. The van der Waals surface area contributed by atoms with Crippen molar-refractivity contribution in [2.24, 2.45) is 0 Å². The van der Waals surface area contributed by atoms with E-state index in [9.17, 15) is 9.90 Å². The smallest absolute Gasteiger partial charge is 0.270 e. The van der Waals surface area contributed by atoms with E-state index in [1.807, 2.05) is 29.7 Å². The highest BCUT2D eigenvalue weighted by molar-refractivity contribution is 6.30. The Kier molecular flexibility index (Phi) is 4.43. The van der Waals surface area contributed by atoms with Gasteiger partial charge in [0.05, 0.1) is 29.5 Å². The molecule has 0 unspecified atom stereocenters. The zero-order valence-corrected chi connectivity index (χ0v) is 13.9. The third-order valence-electron chi connectivity index (χ3n) is 3.86. The van der Waals surface area contributed by atoms with Crippen molar-refractivity contribution in [3.05, 3.63) is 40.4 Å². The molecule has 0 fully saturated rings. The van der Waals surface area contributed by atoms with Gasteiger partial charge in [-0.2, -0.15) is 5.10 Å². The Balaban J connectivity index is 1.73. The van der Waals surface area contributed by atoms with Gasteiger partial charge in [0.15, 0.2) is 0 Å². The van der Waals surface area contributed by atoms with Crippen molar-refractivity contribution in [2.45, 2.75) is 19.2 Å². The van der Waals surface area contributed by atoms with E-state index in [0.717, 1.165) is 5.69 Å². The largest absolute Gasteiger partial charge is 0.385 e. The predicted octanol–water partition coefficient (Wildman–Crippen LogP) is 1.12. The number of hydrogen-bond acceptors (Lipinski definition) is 4. The predicted molar refractivity (Wildman–Crippen MR) is 86.3 cm³/mol. The Labute approximate surface area is 139 Å². The first-order chi connectivity index (χ1) is 10.9. The van der Waals surface area contributed by atoms with Crippen LogP contribution in [0.5, 0.6) is 0 Å². The van der Waals surface area contributed by atoms with E-state index >= 15 is 0 Å². The first kappa shape index (κ1) is 16.0. The van der Waals surface area contributed by atoms with Gasteiger partial charge in [-0.25, -0.2) is 0 Å². The Morgan fingerprint density at radius 2 is 2.26 bits per heavy atom. The molecule has 0 spiro atoms. The SMILES string of the molecule is CN(C)C[C@H](O)c1cc2n(n1)CCN(C(=O)c1cc(Cl)c[nH]1)C2. The van der Waals surface area contributed by atoms with Crippen molar-refractivity contribution in [2.75, 3.05) is 27.2 Å². The highest BCUT2D eigenvalue weighted by atomic mass is 35.5. The minimum atomic E-state index is -0.630. The van der Waals surface area contributed by atoms with Crippen LogP contribution in [0.4, 0.5) is 0 Å². The number of nitrogens with one attached hydrogen (secondary N) is 1. The Bertz CT molecular complexity index is 709. The number of halogens is 1. The summed E-state index contributed by atoms with van der Waals surface area (Å²) >= 11 is 5.86. The van der Waals surface area contributed by atoms with Crippen LogP contribution in [0.1, 0.15) is 28.0 Å². The summed E-state index contributed by atoms with van der Waals surface area (Å²) < 4.78 is 1.86. The topological polar surface area (TPSA) is 77.4 Å². The summed E-state index contributed by atoms with van der Waals surface area (Å²) in [5, 5.41) is 15.1. The summed E-state index contributed by atoms with van der Waals surface area (Å²) in [5.41, 5.74) is 2.05. The molecule has 1 atom stereocenters. The number of carbonyl (C=O) groups is 1. The van der Waals surface area contributed by atoms with Crippen LogP contribution in [-0.4, -0.2) is 62.8 Å². The molecule has 3 heterocycles. The van der Waals surface area contributed by atoms with Crippen molar-refractivity contribution < 1.29 is 9.90 Å². The van der Waals surface area contributed by atoms with Gasteiger partial charge in [0.25, 0.3) is 5.91 Å². The number of amides is 1. The fraction of sp³-hybridized carbons (Fsp3) is 0.467. The molecule has 1 amide bonds. The molecule has 7 nitrogen and oxygen atoms in total. The van der Waals surface area contributed by atoms with E-state index in [0.29, 0.717) is 42.6 Å². The fourth-order valence-corrected chi connectivity index (χ4v) is 2.89. The lowest BCUT2D eigenvalue weighted by molar-refractivity contribution is 0.0700. The van der Waals surface area contributed by atoms with E-state index < -0.39 is 6.10 Å². The molecule has 3 rings (SSSR count). The Morgan fingerprint density at radius 1 is 1.48 bits per heavy atom. The van der Waals surface area contributed by atoms with Gasteiger partial charge in [0.1, 0.15) is 11.8 Å². The molecule has 2 aromatic heterocycles. The minimum Gasteiger partial charge on any atom is -0.385 e. The molecule has 0 saturated heterocycles. The molecule has 124 valence electrons. The van der Waals surface area contributed by atoms with Crippen LogP contribution in [-0.2, 0) is 13.1 Å². The number of rotatable bonds is 4. The zero-order valence-electron chi connectivity index (χ0n) is 13.2. The molecule has 0 radical (unpaired) electrons. The summed E-state index contributed by atoms with van der Waals surface area (Å²) in [5.74, 6) is -0.0836. The van der Waals surface area contributed by atoms with Crippen LogP contribution < -0.4 is 0 Å². The number of hydrogen-bond donors (Lipinski definition) is 2. The van der Waals surface area contributed by atoms with Crippen molar-refractivity contribution >= 4 is 17.5 Å². The first-order valence-electron chi connectivity index (χ1n) is 7.46. The number of carbonyl (C=O) groups excluding carboxylic acids is 1. The van der Waals surface area contributed by atoms with Gasteiger partial charge in [-0.3, -0.25) is 9.48 Å². The summed E-state index contributed by atoms with van der Waals surface area (Å²) in [4.78, 5) is 19.0. The normalized spacial score (nSPS) is 15.8. The van der Waals surface area contributed by atoms with Crippen LogP contribution >= 0.6 is 11.6 Å². The van der Waals surface area contributed by atoms with E-state index in [4.69, 9.17) is 11.6 Å². The second-order valence-corrected chi connectivity index (χ2v) is 6.46. The van der Waals surface area contributed by atoms with Gasteiger partial charge < -0.3 is 19.9 Å². The van der Waals surface area contributed by atoms with Crippen molar-refractivity contribution in [3.63, 3.8) is 0 Å². The third-order valence-corrected chi connectivity index (χ3v) is 4.08. The molecular weight excluding hydrogens is 318 g/mol. The fourth-order valence-electron chi connectivity index (χ4n) is 2.73. The van der Waals surface area contributed by atoms with Crippen LogP contribution in [0.3, 0.4) is 0 Å². The van der Waals surface area contributed by atoms with Crippen molar-refractivity contribution in [3.8, 4) is 0 Å². The molecule has 1 aliphatic rings. The quantitative estimate of drug-likeness (QED) is 0.876. The second kappa shape index (κ2) is 6.35. The molecule has 8 heteroatoms. The van der Waals surface area contributed by atoms with Crippen molar-refractivity contribution in [1.82, 2.24) is 24.6 Å². The van der Waals surface area contributed by atoms with Gasteiger partial charge in [-0.15, -0.1) is 0 Å². The maximum atomic E-state index is 12.5. The Morgan fingerprint density at radius 3 is 2.91 bits per heavy atom. The molecule has 2 N–H and O–H groups in total. The number of nitrogens with zero attached hydrogens (tertiary/aromatic N) is 4. The molecule has 2 aromatic rings. The van der Waals surface area contributed by atoms with Crippen LogP contribution in [0.25, 0.3) is 0 Å². The van der Waals surface area contributed by atoms with Gasteiger partial charge in [-0.05, 0) is 26.2 Å². The number of likely N-dealkylation sites (N-methyl/N-ethyl adjacent to an activating group) is 1. The summed E-state index contributed by atoms with van der Waals surface area (Å²) in [6, 6.07) is 3.50. The zero-order chi connectivity index (χ0) is 16.6. The standard InChI is InChI=1S/C15H20ClN5O2/c1-19(2)9-14(22)12-6-11-8-20(3-4-21(11)18-12)15(23)13-5-10(16)7-17-13/h5-7,14,17,22H,3-4,8-9H2,1-2H3/t14-/m0/s1. The van der Waals surface area contributed by atoms with Gasteiger partial charge in [0, 0.05) is 19.3 Å². The van der Waals surface area contributed by atoms with Gasteiger partial charge >= 0.3 is 0 Å². The summed E-state index contributed by atoms with van der Waals surface area (Å²) in [6.45, 7) is 2.18. The van der Waals surface area contributed by atoms with Gasteiger partial charge in [0.2, 0.25) is 0 Å². The number of aliphatic hydroxyl groups is 1. The number of aromatic amines is 1. The van der Waals surface area contributed by atoms with Crippen molar-refractivity contribution in [1.29, 1.82) is 0 Å². The average molecular weight is 338 g/mol. The summed E-state index contributed by atoms with van der Waals surface area (Å²) in [7, 11) is 3.81. The van der Waals surface area contributed by atoms with E-state index in [-0.39, 0.29) is 5.91 Å². The van der Waals surface area contributed by atoms with Gasteiger partial charge in [-0.1, -0.05) is 11.6 Å². The highest BCUT2D eigenvalue weighted by Gasteiger charge is 2.25. The van der Waals surface area contributed by atoms with Crippen LogP contribution in [0.15, 0.2) is 18.3 Å². The molecule has 0 aromatic carbocycles. The minimum absolute atomic E-state index is 0.0836. The Hall–Kier alpha value is -1.83. The average Bonchev–Trinajstić information content (AvgIpc) is 3.11. The number of fused-ring (bicyclic) bond motifs is 1. The van der Waals surface area contributed by atoms with E-state index in [2.05, 4.69) is 10.1 Å². The molecule has 0 aliphatic carbocycles. The van der Waals surface area contributed by atoms with Crippen LogP contribution in [0.2, 0.25) is 5.02 Å².